The lowest BCUT2D eigenvalue weighted by Gasteiger charge is -2.10. The average molecular weight is 439 g/mol. The first-order chi connectivity index (χ1) is 14.6. The number of nitrogen functional groups attached to an aromatic ring is 1. The van der Waals surface area contributed by atoms with Crippen LogP contribution in [-0.2, 0) is 15.3 Å². The van der Waals surface area contributed by atoms with Crippen molar-refractivity contribution in [3.63, 3.8) is 0 Å². The van der Waals surface area contributed by atoms with Crippen LogP contribution in [0.3, 0.4) is 0 Å². The molecule has 1 aromatic carbocycles. The number of benzene rings is 1. The quantitative estimate of drug-likeness (QED) is 0.588. The van der Waals surface area contributed by atoms with E-state index < -0.39 is 5.56 Å². The normalized spacial score (nSPS) is 15.0. The number of hydrogen-bond donors (Lipinski definition) is 1. The van der Waals surface area contributed by atoms with E-state index in [4.69, 9.17) is 10.5 Å². The Hall–Kier alpha value is -3.17. The maximum Gasteiger partial charge on any atom is 0.283 e. The maximum atomic E-state index is 12.6. The van der Waals surface area contributed by atoms with Crippen LogP contribution in [0.2, 0.25) is 0 Å². The van der Waals surface area contributed by atoms with Gasteiger partial charge < -0.3 is 10.5 Å². The van der Waals surface area contributed by atoms with Crippen LogP contribution in [0, 0.1) is 0 Å². The van der Waals surface area contributed by atoms with E-state index in [0.29, 0.717) is 28.1 Å². The van der Waals surface area contributed by atoms with Crippen molar-refractivity contribution in [2.45, 2.75) is 17.8 Å². The minimum absolute atomic E-state index is 0.214. The first kappa shape index (κ1) is 20.1. The van der Waals surface area contributed by atoms with Crippen molar-refractivity contribution >= 4 is 45.9 Å². The number of aromatic nitrogens is 3. The van der Waals surface area contributed by atoms with Gasteiger partial charge in [-0.2, -0.15) is 9.36 Å². The molecule has 0 fully saturated rings. The number of nitrogens with two attached hydrogens (primary N) is 1. The fourth-order valence-electron chi connectivity index (χ4n) is 2.90. The van der Waals surface area contributed by atoms with E-state index in [0.717, 1.165) is 17.1 Å². The molecule has 152 valence electrons. The van der Waals surface area contributed by atoms with Crippen molar-refractivity contribution < 1.29 is 9.53 Å². The molecule has 0 saturated heterocycles. The average Bonchev–Trinajstić information content (AvgIpc) is 3.15. The van der Waals surface area contributed by atoms with Crippen LogP contribution in [0.1, 0.15) is 18.1 Å². The van der Waals surface area contributed by atoms with Crippen LogP contribution in [0.5, 0.6) is 0 Å². The van der Waals surface area contributed by atoms with Gasteiger partial charge >= 0.3 is 0 Å². The zero-order chi connectivity index (χ0) is 21.1. The fourth-order valence-corrected chi connectivity index (χ4v) is 4.71. The van der Waals surface area contributed by atoms with Crippen LogP contribution < -0.4 is 11.3 Å². The molecule has 0 aliphatic heterocycles. The summed E-state index contributed by atoms with van der Waals surface area (Å²) in [4.78, 5) is 29.0. The maximum absolute atomic E-state index is 12.6. The standard InChI is InChI=1S/C21H18N4O3S2/c1-2-28-17-11-14(8-9-16(17)26)10-15-18(22)25-20(23-19(15)27)30-24-21(25)29-12-13-6-4-3-5-7-13/h3-11H,2,12,22H2,1H3. The number of thioether (sulfide) groups is 1. The highest BCUT2D eigenvalue weighted by atomic mass is 32.2. The summed E-state index contributed by atoms with van der Waals surface area (Å²) >= 11 is 2.65. The van der Waals surface area contributed by atoms with Gasteiger partial charge in [0, 0.05) is 17.3 Å². The Morgan fingerprint density at radius 2 is 2.03 bits per heavy atom. The highest BCUT2D eigenvalue weighted by molar-refractivity contribution is 7.98. The Kier molecular flexibility index (Phi) is 5.82. The summed E-state index contributed by atoms with van der Waals surface area (Å²) < 4.78 is 11.5. The van der Waals surface area contributed by atoms with Crippen molar-refractivity contribution in [3.05, 3.63) is 81.4 Å². The Morgan fingerprint density at radius 3 is 2.80 bits per heavy atom. The molecule has 1 aliphatic rings. The van der Waals surface area contributed by atoms with E-state index in [9.17, 15) is 9.59 Å². The van der Waals surface area contributed by atoms with Crippen LogP contribution >= 0.6 is 23.3 Å². The molecule has 0 saturated carbocycles. The zero-order valence-electron chi connectivity index (χ0n) is 16.1. The SMILES string of the molecule is CCOC1=CC(=Cc2c(N)n3c(SCc4ccccc4)nsc3nc2=O)C=CC1=O. The van der Waals surface area contributed by atoms with Gasteiger partial charge in [0.1, 0.15) is 5.82 Å². The Labute approximate surface area is 180 Å². The van der Waals surface area contributed by atoms with Crippen LogP contribution in [-0.4, -0.2) is 26.1 Å². The summed E-state index contributed by atoms with van der Waals surface area (Å²) in [6, 6.07) is 10.0. The Morgan fingerprint density at radius 1 is 1.23 bits per heavy atom. The molecule has 0 radical (unpaired) electrons. The molecule has 2 aromatic heterocycles. The predicted octanol–water partition coefficient (Wildman–Crippen LogP) is 3.47. The van der Waals surface area contributed by atoms with Gasteiger partial charge in [0.25, 0.3) is 5.56 Å². The van der Waals surface area contributed by atoms with Gasteiger partial charge in [-0.1, -0.05) is 48.2 Å². The number of carbonyl (C=O) groups excluding carboxylic acids is 1. The molecule has 2 N–H and O–H groups in total. The minimum atomic E-state index is -0.445. The number of anilines is 1. The van der Waals surface area contributed by atoms with Gasteiger partial charge in [-0.25, -0.2) is 4.40 Å². The number of hydrogen-bond acceptors (Lipinski definition) is 8. The summed E-state index contributed by atoms with van der Waals surface area (Å²) in [7, 11) is 0. The Balaban J connectivity index is 1.72. The summed E-state index contributed by atoms with van der Waals surface area (Å²) in [5, 5.41) is 0.670. The number of ether oxygens (including phenoxy) is 1. The lowest BCUT2D eigenvalue weighted by atomic mass is 10.0. The number of allylic oxidation sites excluding steroid dienone is 4. The van der Waals surface area contributed by atoms with Crippen molar-refractivity contribution in [3.8, 4) is 0 Å². The molecule has 0 unspecified atom stereocenters. The number of nitrogens with zero attached hydrogens (tertiary/aromatic N) is 3. The molecule has 0 bridgehead atoms. The van der Waals surface area contributed by atoms with E-state index in [1.54, 1.807) is 29.6 Å². The van der Waals surface area contributed by atoms with E-state index in [1.165, 1.54) is 17.8 Å². The number of fused-ring (bicyclic) bond motifs is 1. The van der Waals surface area contributed by atoms with Gasteiger partial charge in [-0.15, -0.1) is 0 Å². The first-order valence-electron chi connectivity index (χ1n) is 9.20. The van der Waals surface area contributed by atoms with Gasteiger partial charge in [0.05, 0.1) is 12.2 Å². The summed E-state index contributed by atoms with van der Waals surface area (Å²) in [5.74, 6) is 0.995. The van der Waals surface area contributed by atoms with Crippen molar-refractivity contribution in [2.24, 2.45) is 0 Å². The number of rotatable bonds is 6. The molecule has 3 aromatic rings. The third-order valence-electron chi connectivity index (χ3n) is 4.32. The van der Waals surface area contributed by atoms with Crippen LogP contribution in [0.25, 0.3) is 11.0 Å². The lowest BCUT2D eigenvalue weighted by molar-refractivity contribution is -0.114. The molecule has 0 atom stereocenters. The lowest BCUT2D eigenvalue weighted by Crippen LogP contribution is -2.17. The molecule has 0 spiro atoms. The largest absolute Gasteiger partial charge is 0.490 e. The van der Waals surface area contributed by atoms with E-state index in [-0.39, 0.29) is 22.9 Å². The smallest absolute Gasteiger partial charge is 0.283 e. The highest BCUT2D eigenvalue weighted by Gasteiger charge is 2.17. The molecular formula is C21H18N4O3S2. The molecular weight excluding hydrogens is 420 g/mol. The predicted molar refractivity (Wildman–Crippen MR) is 119 cm³/mol. The van der Waals surface area contributed by atoms with Crippen molar-refractivity contribution in [2.75, 3.05) is 12.3 Å². The number of carbonyl (C=O) groups is 1. The van der Waals surface area contributed by atoms with Gasteiger partial charge in [0.15, 0.2) is 10.9 Å². The van der Waals surface area contributed by atoms with Crippen molar-refractivity contribution in [1.29, 1.82) is 0 Å². The van der Waals surface area contributed by atoms with Crippen LogP contribution in [0.4, 0.5) is 5.82 Å². The topological polar surface area (TPSA) is 99.6 Å². The number of ketones is 1. The third-order valence-corrected chi connectivity index (χ3v) is 6.15. The molecule has 1 aliphatic carbocycles. The summed E-state index contributed by atoms with van der Waals surface area (Å²) in [6.07, 6.45) is 6.23. The van der Waals surface area contributed by atoms with Crippen molar-refractivity contribution in [1.82, 2.24) is 13.8 Å². The second kappa shape index (κ2) is 8.68. The second-order valence-electron chi connectivity index (χ2n) is 6.36. The fraction of sp³-hybridized carbons (Fsp3) is 0.143. The minimum Gasteiger partial charge on any atom is -0.490 e. The second-order valence-corrected chi connectivity index (χ2v) is 8.03. The molecule has 2 heterocycles. The third kappa shape index (κ3) is 4.07. The van der Waals surface area contributed by atoms with E-state index in [1.807, 2.05) is 30.3 Å². The molecule has 0 amide bonds. The molecule has 7 nitrogen and oxygen atoms in total. The first-order valence-corrected chi connectivity index (χ1v) is 11.0. The summed E-state index contributed by atoms with van der Waals surface area (Å²) in [5.41, 5.74) is 7.95. The molecule has 4 rings (SSSR count). The Bertz CT molecular complexity index is 1260. The monoisotopic (exact) mass is 438 g/mol. The van der Waals surface area contributed by atoms with E-state index >= 15 is 0 Å². The van der Waals surface area contributed by atoms with Gasteiger partial charge in [-0.05, 0) is 36.3 Å². The molecule has 30 heavy (non-hydrogen) atoms. The molecule has 9 heteroatoms. The van der Waals surface area contributed by atoms with Crippen LogP contribution in [0.15, 0.2) is 69.8 Å². The van der Waals surface area contributed by atoms with E-state index in [2.05, 4.69) is 9.36 Å². The highest BCUT2D eigenvalue weighted by Crippen LogP contribution is 2.28. The van der Waals surface area contributed by atoms with Gasteiger partial charge in [0.2, 0.25) is 10.7 Å². The zero-order valence-corrected chi connectivity index (χ0v) is 17.7. The summed E-state index contributed by atoms with van der Waals surface area (Å²) in [6.45, 7) is 2.18. The van der Waals surface area contributed by atoms with Gasteiger partial charge in [-0.3, -0.25) is 9.59 Å².